The van der Waals surface area contributed by atoms with Crippen molar-refractivity contribution in [3.05, 3.63) is 60.3 Å². The van der Waals surface area contributed by atoms with Gasteiger partial charge in [0.1, 0.15) is 5.75 Å². The zero-order chi connectivity index (χ0) is 18.5. The molecule has 5 heteroatoms. The van der Waals surface area contributed by atoms with Crippen LogP contribution in [0.1, 0.15) is 30.6 Å². The quantitative estimate of drug-likeness (QED) is 0.647. The molecule has 2 aromatic carbocycles. The van der Waals surface area contributed by atoms with E-state index in [9.17, 15) is 9.59 Å². The molecule has 0 atom stereocenters. The van der Waals surface area contributed by atoms with Gasteiger partial charge in [0.15, 0.2) is 12.4 Å². The number of carbonyl (C=O) groups is 2. The van der Waals surface area contributed by atoms with Crippen molar-refractivity contribution in [2.45, 2.75) is 26.8 Å². The van der Waals surface area contributed by atoms with Gasteiger partial charge in [-0.15, -0.1) is 0 Å². The molecule has 0 radical (unpaired) electrons. The van der Waals surface area contributed by atoms with Crippen LogP contribution in [0, 0.1) is 0 Å². The van der Waals surface area contributed by atoms with Crippen molar-refractivity contribution in [2.75, 3.05) is 11.9 Å². The second-order valence-electron chi connectivity index (χ2n) is 6.01. The van der Waals surface area contributed by atoms with E-state index in [-0.39, 0.29) is 18.3 Å². The summed E-state index contributed by atoms with van der Waals surface area (Å²) in [6.07, 6.45) is 2.50. The Morgan fingerprint density at radius 2 is 1.81 bits per heavy atom. The Morgan fingerprint density at radius 1 is 1.04 bits per heavy atom. The van der Waals surface area contributed by atoms with Gasteiger partial charge in [-0.2, -0.15) is 0 Å². The smallest absolute Gasteiger partial charge is 0.262 e. The highest BCUT2D eigenvalue weighted by Crippen LogP contribution is 2.20. The van der Waals surface area contributed by atoms with E-state index in [1.165, 1.54) is 0 Å². The number of hydrogen-bond donors (Lipinski definition) is 1. The lowest BCUT2D eigenvalue weighted by atomic mass is 10.1. The minimum atomic E-state index is -0.229. The van der Waals surface area contributed by atoms with Gasteiger partial charge in [-0.05, 0) is 55.5 Å². The molecule has 0 saturated heterocycles. The number of carbonyl (C=O) groups excluding carboxylic acids is 2. The average molecular weight is 350 g/mol. The van der Waals surface area contributed by atoms with Crippen LogP contribution >= 0.6 is 0 Å². The molecular weight excluding hydrogens is 328 g/mol. The molecule has 0 unspecified atom stereocenters. The fraction of sp³-hybridized carbons (Fsp3) is 0.238. The topological polar surface area (TPSA) is 60.3 Å². The Morgan fingerprint density at radius 3 is 2.50 bits per heavy atom. The fourth-order valence-electron chi connectivity index (χ4n) is 2.84. The molecule has 0 aliphatic rings. The summed E-state index contributed by atoms with van der Waals surface area (Å²) in [4.78, 5) is 23.7. The summed E-state index contributed by atoms with van der Waals surface area (Å²) in [5.74, 6) is 0.415. The van der Waals surface area contributed by atoms with Gasteiger partial charge in [0.25, 0.3) is 5.91 Å². The summed E-state index contributed by atoms with van der Waals surface area (Å²) >= 11 is 0. The fourth-order valence-corrected chi connectivity index (χ4v) is 2.84. The maximum atomic E-state index is 12.1. The number of nitrogens with zero attached hydrogens (tertiary/aromatic N) is 1. The maximum absolute atomic E-state index is 12.1. The molecule has 134 valence electrons. The summed E-state index contributed by atoms with van der Waals surface area (Å²) in [6.45, 7) is 4.74. The molecule has 5 nitrogen and oxygen atoms in total. The van der Waals surface area contributed by atoms with Crippen LogP contribution in [0.15, 0.2) is 54.7 Å². The lowest BCUT2D eigenvalue weighted by Crippen LogP contribution is -2.20. The first kappa shape index (κ1) is 17.7. The molecule has 1 N–H and O–H groups in total. The average Bonchev–Trinajstić information content (AvgIpc) is 3.08. The SMILES string of the molecule is CCC(=O)c1ccc(OCC(=O)Nc2ccc3c(ccn3CC)c2)cc1. The van der Waals surface area contributed by atoms with Gasteiger partial charge in [0.05, 0.1) is 0 Å². The molecule has 0 spiro atoms. The third-order valence-electron chi connectivity index (χ3n) is 4.26. The van der Waals surface area contributed by atoms with Gasteiger partial charge >= 0.3 is 0 Å². The number of hydrogen-bond acceptors (Lipinski definition) is 3. The van der Waals surface area contributed by atoms with Gasteiger partial charge in [0, 0.05) is 41.3 Å². The Bertz CT molecular complexity index is 926. The van der Waals surface area contributed by atoms with Gasteiger partial charge in [-0.25, -0.2) is 0 Å². The third-order valence-corrected chi connectivity index (χ3v) is 4.26. The van der Waals surface area contributed by atoms with Crippen LogP contribution in [-0.2, 0) is 11.3 Å². The molecule has 0 saturated carbocycles. The zero-order valence-corrected chi connectivity index (χ0v) is 15.0. The lowest BCUT2D eigenvalue weighted by molar-refractivity contribution is -0.118. The first-order valence-corrected chi connectivity index (χ1v) is 8.75. The van der Waals surface area contributed by atoms with Crippen LogP contribution in [0.3, 0.4) is 0 Å². The van der Waals surface area contributed by atoms with E-state index in [1.54, 1.807) is 24.3 Å². The summed E-state index contributed by atoms with van der Waals surface area (Å²) in [7, 11) is 0. The number of ketones is 1. The zero-order valence-electron chi connectivity index (χ0n) is 15.0. The molecule has 1 aromatic heterocycles. The standard InChI is InChI=1S/C21H22N2O3/c1-3-20(24)15-5-8-18(9-6-15)26-14-21(25)22-17-7-10-19-16(13-17)11-12-23(19)4-2/h5-13H,3-4,14H2,1-2H3,(H,22,25). The molecule has 1 amide bonds. The van der Waals surface area contributed by atoms with Crippen LogP contribution in [-0.4, -0.2) is 22.9 Å². The van der Waals surface area contributed by atoms with E-state index >= 15 is 0 Å². The molecule has 3 aromatic rings. The first-order chi connectivity index (χ1) is 12.6. The predicted octanol–water partition coefficient (Wildman–Crippen LogP) is 4.27. The minimum Gasteiger partial charge on any atom is -0.484 e. The minimum absolute atomic E-state index is 0.0848. The lowest BCUT2D eigenvalue weighted by Gasteiger charge is -2.09. The van der Waals surface area contributed by atoms with Crippen LogP contribution in [0.2, 0.25) is 0 Å². The van der Waals surface area contributed by atoms with Gasteiger partial charge in [0.2, 0.25) is 0 Å². The summed E-state index contributed by atoms with van der Waals surface area (Å²) in [5, 5.41) is 3.93. The van der Waals surface area contributed by atoms with Crippen LogP contribution < -0.4 is 10.1 Å². The largest absolute Gasteiger partial charge is 0.484 e. The van der Waals surface area contributed by atoms with Crippen LogP contribution in [0.5, 0.6) is 5.75 Å². The number of benzene rings is 2. The van der Waals surface area contributed by atoms with Crippen molar-refractivity contribution in [1.29, 1.82) is 0 Å². The molecule has 0 fully saturated rings. The molecule has 0 aliphatic carbocycles. The monoisotopic (exact) mass is 350 g/mol. The van der Waals surface area contributed by atoms with Crippen molar-refractivity contribution in [2.24, 2.45) is 0 Å². The van der Waals surface area contributed by atoms with E-state index in [4.69, 9.17) is 4.74 Å². The first-order valence-electron chi connectivity index (χ1n) is 8.75. The second kappa shape index (κ2) is 7.87. The number of anilines is 1. The van der Waals surface area contributed by atoms with E-state index in [0.29, 0.717) is 17.7 Å². The van der Waals surface area contributed by atoms with E-state index < -0.39 is 0 Å². The summed E-state index contributed by atoms with van der Waals surface area (Å²) in [5.41, 5.74) is 2.53. The number of nitrogens with one attached hydrogen (secondary N) is 1. The van der Waals surface area contributed by atoms with E-state index in [0.717, 1.165) is 23.1 Å². The van der Waals surface area contributed by atoms with Crippen molar-refractivity contribution >= 4 is 28.3 Å². The van der Waals surface area contributed by atoms with E-state index in [1.807, 2.05) is 37.4 Å². The molecule has 0 aliphatic heterocycles. The number of aromatic nitrogens is 1. The van der Waals surface area contributed by atoms with Crippen molar-refractivity contribution in [3.8, 4) is 5.75 Å². The summed E-state index contributed by atoms with van der Waals surface area (Å²) < 4.78 is 7.64. The number of rotatable bonds is 7. The van der Waals surface area contributed by atoms with Crippen molar-refractivity contribution in [3.63, 3.8) is 0 Å². The Hall–Kier alpha value is -3.08. The third kappa shape index (κ3) is 3.94. The predicted molar refractivity (Wildman–Crippen MR) is 103 cm³/mol. The number of fused-ring (bicyclic) bond motifs is 1. The van der Waals surface area contributed by atoms with Crippen LogP contribution in [0.4, 0.5) is 5.69 Å². The highest BCUT2D eigenvalue weighted by molar-refractivity contribution is 5.96. The molecule has 1 heterocycles. The number of amides is 1. The summed E-state index contributed by atoms with van der Waals surface area (Å²) in [6, 6.07) is 14.7. The van der Waals surface area contributed by atoms with E-state index in [2.05, 4.69) is 16.8 Å². The molecule has 0 bridgehead atoms. The highest BCUT2D eigenvalue weighted by atomic mass is 16.5. The Balaban J connectivity index is 1.58. The molecule has 26 heavy (non-hydrogen) atoms. The number of aryl methyl sites for hydroxylation is 1. The van der Waals surface area contributed by atoms with Crippen molar-refractivity contribution in [1.82, 2.24) is 4.57 Å². The second-order valence-corrected chi connectivity index (χ2v) is 6.01. The maximum Gasteiger partial charge on any atom is 0.262 e. The van der Waals surface area contributed by atoms with Gasteiger partial charge < -0.3 is 14.6 Å². The molecule has 3 rings (SSSR count). The van der Waals surface area contributed by atoms with Gasteiger partial charge in [-0.1, -0.05) is 6.92 Å². The molecular formula is C21H22N2O3. The number of ether oxygens (including phenoxy) is 1. The Labute approximate surface area is 152 Å². The highest BCUT2D eigenvalue weighted by Gasteiger charge is 2.07. The van der Waals surface area contributed by atoms with Crippen LogP contribution in [0.25, 0.3) is 10.9 Å². The van der Waals surface area contributed by atoms with Crippen molar-refractivity contribution < 1.29 is 14.3 Å². The normalized spacial score (nSPS) is 10.7. The Kier molecular flexibility index (Phi) is 5.37. The van der Waals surface area contributed by atoms with Gasteiger partial charge in [-0.3, -0.25) is 9.59 Å². The number of Topliss-reactive ketones (excluding diaryl/α,β-unsaturated/α-hetero) is 1.